The van der Waals surface area contributed by atoms with Crippen LogP contribution in [0.15, 0.2) is 41.0 Å². The molecule has 1 heterocycles. The molecule has 2 amide bonds. The molecule has 2 rings (SSSR count). The number of hydrazine groups is 1. The molecule has 2 aromatic rings. The first-order valence-corrected chi connectivity index (χ1v) is 6.39. The van der Waals surface area contributed by atoms with Gasteiger partial charge in [-0.05, 0) is 37.6 Å². The number of ether oxygens (including phenoxy) is 1. The van der Waals surface area contributed by atoms with Gasteiger partial charge < -0.3 is 9.15 Å². The number of hydrogen-bond donors (Lipinski definition) is 2. The summed E-state index contributed by atoms with van der Waals surface area (Å²) in [6.07, 6.45) is 1.41. The van der Waals surface area contributed by atoms with Crippen molar-refractivity contribution in [3.8, 4) is 5.75 Å². The molecule has 0 spiro atoms. The average molecular weight is 288 g/mol. The molecule has 0 aliphatic rings. The SMILES string of the molecule is Cc1cccc(OCC(=O)NNC(=O)c2occc2C)c1. The molecular formula is C15H16N2O4. The molecule has 0 atom stereocenters. The van der Waals surface area contributed by atoms with E-state index in [0.29, 0.717) is 11.3 Å². The average Bonchev–Trinajstić information content (AvgIpc) is 2.89. The van der Waals surface area contributed by atoms with E-state index in [2.05, 4.69) is 10.9 Å². The van der Waals surface area contributed by atoms with Gasteiger partial charge in [0.05, 0.1) is 6.26 Å². The molecule has 0 saturated heterocycles. The quantitative estimate of drug-likeness (QED) is 0.840. The minimum atomic E-state index is -0.513. The molecule has 0 bridgehead atoms. The minimum Gasteiger partial charge on any atom is -0.484 e. The van der Waals surface area contributed by atoms with E-state index in [0.717, 1.165) is 5.56 Å². The molecule has 21 heavy (non-hydrogen) atoms. The van der Waals surface area contributed by atoms with Gasteiger partial charge >= 0.3 is 5.91 Å². The highest BCUT2D eigenvalue weighted by molar-refractivity contribution is 5.94. The van der Waals surface area contributed by atoms with Crippen molar-refractivity contribution in [2.75, 3.05) is 6.61 Å². The van der Waals surface area contributed by atoms with Crippen molar-refractivity contribution in [3.63, 3.8) is 0 Å². The maximum Gasteiger partial charge on any atom is 0.305 e. The van der Waals surface area contributed by atoms with Gasteiger partial charge in [0.1, 0.15) is 5.75 Å². The highest BCUT2D eigenvalue weighted by atomic mass is 16.5. The largest absolute Gasteiger partial charge is 0.484 e. The van der Waals surface area contributed by atoms with Gasteiger partial charge in [-0.2, -0.15) is 0 Å². The molecule has 6 nitrogen and oxygen atoms in total. The van der Waals surface area contributed by atoms with Crippen LogP contribution in [-0.2, 0) is 4.79 Å². The Labute approximate surface area is 122 Å². The highest BCUT2D eigenvalue weighted by Crippen LogP contribution is 2.11. The third-order valence-corrected chi connectivity index (χ3v) is 2.74. The molecule has 0 aliphatic carbocycles. The fourth-order valence-electron chi connectivity index (χ4n) is 1.68. The maximum absolute atomic E-state index is 11.7. The van der Waals surface area contributed by atoms with Crippen LogP contribution < -0.4 is 15.6 Å². The number of amides is 2. The lowest BCUT2D eigenvalue weighted by atomic mass is 10.2. The van der Waals surface area contributed by atoms with Crippen molar-refractivity contribution in [1.82, 2.24) is 10.9 Å². The Morgan fingerprint density at radius 3 is 2.67 bits per heavy atom. The monoisotopic (exact) mass is 288 g/mol. The molecule has 2 N–H and O–H groups in total. The van der Waals surface area contributed by atoms with E-state index in [1.165, 1.54) is 6.26 Å². The number of hydrogen-bond acceptors (Lipinski definition) is 4. The first-order valence-electron chi connectivity index (χ1n) is 6.39. The van der Waals surface area contributed by atoms with Crippen molar-refractivity contribution < 1.29 is 18.7 Å². The summed E-state index contributed by atoms with van der Waals surface area (Å²) in [6, 6.07) is 9.00. The molecule has 0 saturated carbocycles. The Bertz CT molecular complexity index is 649. The standard InChI is InChI=1S/C15H16N2O4/c1-10-4-3-5-12(8-10)21-9-13(18)16-17-15(19)14-11(2)6-7-20-14/h3-8H,9H2,1-2H3,(H,16,18)(H,17,19). The number of benzene rings is 1. The number of aryl methyl sites for hydroxylation is 2. The van der Waals surface area contributed by atoms with E-state index in [1.807, 2.05) is 25.1 Å². The minimum absolute atomic E-state index is 0.162. The Morgan fingerprint density at radius 2 is 2.00 bits per heavy atom. The van der Waals surface area contributed by atoms with Crippen LogP contribution in [-0.4, -0.2) is 18.4 Å². The van der Waals surface area contributed by atoms with E-state index in [-0.39, 0.29) is 12.4 Å². The van der Waals surface area contributed by atoms with Gasteiger partial charge in [-0.3, -0.25) is 20.4 Å². The number of furan rings is 1. The zero-order valence-corrected chi connectivity index (χ0v) is 11.8. The molecule has 0 radical (unpaired) electrons. The van der Waals surface area contributed by atoms with Crippen LogP contribution >= 0.6 is 0 Å². The van der Waals surface area contributed by atoms with Crippen LogP contribution in [0.3, 0.4) is 0 Å². The summed E-state index contributed by atoms with van der Waals surface area (Å²) >= 11 is 0. The van der Waals surface area contributed by atoms with E-state index < -0.39 is 11.8 Å². The number of carbonyl (C=O) groups is 2. The van der Waals surface area contributed by atoms with E-state index in [1.54, 1.807) is 19.1 Å². The lowest BCUT2D eigenvalue weighted by molar-refractivity contribution is -0.123. The van der Waals surface area contributed by atoms with Gasteiger partial charge in [-0.15, -0.1) is 0 Å². The first-order chi connectivity index (χ1) is 10.1. The molecule has 0 fully saturated rings. The Balaban J connectivity index is 1.78. The van der Waals surface area contributed by atoms with Crippen LogP contribution in [0.2, 0.25) is 0 Å². The smallest absolute Gasteiger partial charge is 0.305 e. The van der Waals surface area contributed by atoms with Crippen molar-refractivity contribution in [1.29, 1.82) is 0 Å². The maximum atomic E-state index is 11.7. The molecule has 6 heteroatoms. The summed E-state index contributed by atoms with van der Waals surface area (Å²) in [5, 5.41) is 0. The summed E-state index contributed by atoms with van der Waals surface area (Å²) in [6.45, 7) is 3.47. The van der Waals surface area contributed by atoms with Gasteiger partial charge in [-0.1, -0.05) is 12.1 Å². The van der Waals surface area contributed by atoms with Crippen LogP contribution in [0.1, 0.15) is 21.7 Å². The van der Waals surface area contributed by atoms with E-state index in [4.69, 9.17) is 9.15 Å². The number of carbonyl (C=O) groups excluding carboxylic acids is 2. The molecule has 0 unspecified atom stereocenters. The second-order valence-electron chi connectivity index (χ2n) is 4.54. The van der Waals surface area contributed by atoms with E-state index >= 15 is 0 Å². The number of rotatable bonds is 4. The van der Waals surface area contributed by atoms with E-state index in [9.17, 15) is 9.59 Å². The zero-order chi connectivity index (χ0) is 15.2. The van der Waals surface area contributed by atoms with Crippen molar-refractivity contribution in [3.05, 3.63) is 53.5 Å². The first kappa shape index (κ1) is 14.6. The highest BCUT2D eigenvalue weighted by Gasteiger charge is 2.13. The summed E-state index contributed by atoms with van der Waals surface area (Å²) < 4.78 is 10.3. The third kappa shape index (κ3) is 4.10. The molecule has 1 aromatic heterocycles. The second kappa shape index (κ2) is 6.60. The lowest BCUT2D eigenvalue weighted by Crippen LogP contribution is -2.43. The third-order valence-electron chi connectivity index (χ3n) is 2.74. The Morgan fingerprint density at radius 1 is 1.19 bits per heavy atom. The van der Waals surface area contributed by atoms with Gasteiger partial charge in [0.2, 0.25) is 0 Å². The predicted octanol–water partition coefficient (Wildman–Crippen LogP) is 1.74. The van der Waals surface area contributed by atoms with Crippen molar-refractivity contribution in [2.45, 2.75) is 13.8 Å². The molecular weight excluding hydrogens is 272 g/mol. The summed E-state index contributed by atoms with van der Waals surface area (Å²) in [7, 11) is 0. The zero-order valence-electron chi connectivity index (χ0n) is 11.8. The van der Waals surface area contributed by atoms with Gasteiger partial charge in [0.15, 0.2) is 12.4 Å². The van der Waals surface area contributed by atoms with Crippen LogP contribution in [0.4, 0.5) is 0 Å². The molecule has 0 aliphatic heterocycles. The van der Waals surface area contributed by atoms with Crippen LogP contribution in [0, 0.1) is 13.8 Å². The molecule has 1 aromatic carbocycles. The Hall–Kier alpha value is -2.76. The summed E-state index contributed by atoms with van der Waals surface area (Å²) in [4.78, 5) is 23.3. The van der Waals surface area contributed by atoms with Gasteiger partial charge in [0.25, 0.3) is 5.91 Å². The fraction of sp³-hybridized carbons (Fsp3) is 0.200. The second-order valence-corrected chi connectivity index (χ2v) is 4.54. The normalized spacial score (nSPS) is 10.0. The van der Waals surface area contributed by atoms with Crippen LogP contribution in [0.5, 0.6) is 5.75 Å². The van der Waals surface area contributed by atoms with Crippen LogP contribution in [0.25, 0.3) is 0 Å². The fourth-order valence-corrected chi connectivity index (χ4v) is 1.68. The number of nitrogens with one attached hydrogen (secondary N) is 2. The lowest BCUT2D eigenvalue weighted by Gasteiger charge is -2.08. The van der Waals surface area contributed by atoms with Crippen molar-refractivity contribution >= 4 is 11.8 Å². The summed E-state index contributed by atoms with van der Waals surface area (Å²) in [5.74, 6) is -0.219. The van der Waals surface area contributed by atoms with Gasteiger partial charge in [-0.25, -0.2) is 0 Å². The Kier molecular flexibility index (Phi) is 4.61. The van der Waals surface area contributed by atoms with Gasteiger partial charge in [0, 0.05) is 5.56 Å². The topological polar surface area (TPSA) is 80.6 Å². The molecule has 110 valence electrons. The van der Waals surface area contributed by atoms with Crippen molar-refractivity contribution in [2.24, 2.45) is 0 Å². The predicted molar refractivity (Wildman–Crippen MR) is 75.7 cm³/mol. The summed E-state index contributed by atoms with van der Waals surface area (Å²) in [5.41, 5.74) is 6.25.